The van der Waals surface area contributed by atoms with Crippen LogP contribution in [0.4, 0.5) is 4.79 Å². The Morgan fingerprint density at radius 3 is 2.50 bits per heavy atom. The molecule has 3 aliphatic rings. The van der Waals surface area contributed by atoms with E-state index in [1.165, 1.54) is 12.8 Å². The SMILES string of the molecule is CC(C)C1CCC(OC[C@H]2[C@@H](N)CCCN2C(=O)NC2CC2)CC1. The van der Waals surface area contributed by atoms with Crippen molar-refractivity contribution in [1.82, 2.24) is 10.2 Å². The van der Waals surface area contributed by atoms with Gasteiger partial charge >= 0.3 is 6.03 Å². The molecule has 1 saturated heterocycles. The first-order chi connectivity index (χ1) is 11.5. The molecule has 0 unspecified atom stereocenters. The van der Waals surface area contributed by atoms with Crippen molar-refractivity contribution in [3.8, 4) is 0 Å². The largest absolute Gasteiger partial charge is 0.376 e. The summed E-state index contributed by atoms with van der Waals surface area (Å²) in [6, 6.07) is 0.518. The second-order valence-electron chi connectivity index (χ2n) is 8.40. The number of rotatable bonds is 5. The maximum atomic E-state index is 12.5. The molecule has 138 valence electrons. The smallest absolute Gasteiger partial charge is 0.317 e. The van der Waals surface area contributed by atoms with Crippen molar-refractivity contribution in [1.29, 1.82) is 0 Å². The third-order valence-electron chi connectivity index (χ3n) is 6.16. The van der Waals surface area contributed by atoms with E-state index in [0.717, 1.165) is 56.9 Å². The maximum Gasteiger partial charge on any atom is 0.317 e. The first kappa shape index (κ1) is 18.0. The van der Waals surface area contributed by atoms with Crippen LogP contribution in [0, 0.1) is 11.8 Å². The van der Waals surface area contributed by atoms with Crippen LogP contribution in [-0.2, 0) is 4.74 Å². The minimum atomic E-state index is 0.0281. The van der Waals surface area contributed by atoms with Crippen molar-refractivity contribution in [2.45, 2.75) is 89.4 Å². The quantitative estimate of drug-likeness (QED) is 0.810. The fourth-order valence-electron chi connectivity index (χ4n) is 4.19. The Hall–Kier alpha value is -0.810. The second-order valence-corrected chi connectivity index (χ2v) is 8.40. The van der Waals surface area contributed by atoms with E-state index in [-0.39, 0.29) is 18.1 Å². The number of nitrogens with two attached hydrogens (primary N) is 1. The third-order valence-corrected chi connectivity index (χ3v) is 6.16. The van der Waals surface area contributed by atoms with E-state index in [9.17, 15) is 4.79 Å². The molecular weight excluding hydrogens is 302 g/mol. The van der Waals surface area contributed by atoms with Gasteiger partial charge in [-0.2, -0.15) is 0 Å². The lowest BCUT2D eigenvalue weighted by molar-refractivity contribution is -0.0228. The lowest BCUT2D eigenvalue weighted by atomic mass is 9.80. The molecule has 2 amide bonds. The molecule has 2 saturated carbocycles. The summed E-state index contributed by atoms with van der Waals surface area (Å²) in [6.07, 6.45) is 9.41. The second kappa shape index (κ2) is 8.05. The molecule has 0 aromatic rings. The zero-order valence-corrected chi connectivity index (χ0v) is 15.4. The first-order valence-electron chi connectivity index (χ1n) is 9.99. The number of ether oxygens (including phenoxy) is 1. The van der Waals surface area contributed by atoms with Crippen LogP contribution in [0.2, 0.25) is 0 Å². The Labute approximate surface area is 146 Å². The van der Waals surface area contributed by atoms with Crippen LogP contribution in [0.3, 0.4) is 0 Å². The van der Waals surface area contributed by atoms with Gasteiger partial charge in [0.25, 0.3) is 0 Å². The predicted octanol–water partition coefficient (Wildman–Crippen LogP) is 2.88. The van der Waals surface area contributed by atoms with Crippen LogP contribution in [0.15, 0.2) is 0 Å². The molecule has 2 aliphatic carbocycles. The molecule has 0 spiro atoms. The molecule has 0 bridgehead atoms. The van der Waals surface area contributed by atoms with Gasteiger partial charge in [-0.1, -0.05) is 13.8 Å². The molecule has 24 heavy (non-hydrogen) atoms. The Bertz CT molecular complexity index is 417. The minimum Gasteiger partial charge on any atom is -0.376 e. The molecule has 3 rings (SSSR count). The van der Waals surface area contributed by atoms with Gasteiger partial charge < -0.3 is 20.7 Å². The van der Waals surface area contributed by atoms with Crippen molar-refractivity contribution in [2.24, 2.45) is 17.6 Å². The van der Waals surface area contributed by atoms with Crippen molar-refractivity contribution in [3.05, 3.63) is 0 Å². The zero-order valence-electron chi connectivity index (χ0n) is 15.4. The molecule has 0 aromatic heterocycles. The average Bonchev–Trinajstić information content (AvgIpc) is 3.37. The van der Waals surface area contributed by atoms with E-state index in [1.54, 1.807) is 0 Å². The Balaban J connectivity index is 1.48. The van der Waals surface area contributed by atoms with Crippen molar-refractivity contribution in [2.75, 3.05) is 13.2 Å². The number of hydrogen-bond acceptors (Lipinski definition) is 3. The summed E-state index contributed by atoms with van der Waals surface area (Å²) in [4.78, 5) is 14.4. The van der Waals surface area contributed by atoms with Crippen LogP contribution < -0.4 is 11.1 Å². The maximum absolute atomic E-state index is 12.5. The fraction of sp³-hybridized carbons (Fsp3) is 0.947. The van der Waals surface area contributed by atoms with Crippen molar-refractivity contribution >= 4 is 6.03 Å². The molecule has 1 aliphatic heterocycles. The monoisotopic (exact) mass is 337 g/mol. The van der Waals surface area contributed by atoms with Gasteiger partial charge in [0, 0.05) is 18.6 Å². The van der Waals surface area contributed by atoms with Crippen LogP contribution in [0.25, 0.3) is 0 Å². The van der Waals surface area contributed by atoms with E-state index in [4.69, 9.17) is 10.5 Å². The van der Waals surface area contributed by atoms with E-state index in [1.807, 2.05) is 4.90 Å². The number of hydrogen-bond donors (Lipinski definition) is 2. The third kappa shape index (κ3) is 4.63. The van der Waals surface area contributed by atoms with Crippen LogP contribution in [0.1, 0.15) is 65.2 Å². The number of nitrogens with one attached hydrogen (secondary N) is 1. The fourth-order valence-corrected chi connectivity index (χ4v) is 4.19. The van der Waals surface area contributed by atoms with Crippen LogP contribution in [0.5, 0.6) is 0 Å². The molecule has 3 fully saturated rings. The Kier molecular flexibility index (Phi) is 6.03. The van der Waals surface area contributed by atoms with E-state index < -0.39 is 0 Å². The topological polar surface area (TPSA) is 67.6 Å². The highest BCUT2D eigenvalue weighted by atomic mass is 16.5. The molecule has 1 heterocycles. The van der Waals surface area contributed by atoms with Gasteiger partial charge in [0.1, 0.15) is 0 Å². The summed E-state index contributed by atoms with van der Waals surface area (Å²) in [5.41, 5.74) is 6.33. The summed E-state index contributed by atoms with van der Waals surface area (Å²) in [6.45, 7) is 6.04. The summed E-state index contributed by atoms with van der Waals surface area (Å²) >= 11 is 0. The van der Waals surface area contributed by atoms with Gasteiger partial charge in [-0.05, 0) is 63.2 Å². The zero-order chi connectivity index (χ0) is 17.1. The average molecular weight is 338 g/mol. The van der Waals surface area contributed by atoms with Gasteiger partial charge in [0.05, 0.1) is 18.8 Å². The number of piperidine rings is 1. The lowest BCUT2D eigenvalue weighted by Gasteiger charge is -2.40. The predicted molar refractivity (Wildman–Crippen MR) is 95.8 cm³/mol. The van der Waals surface area contributed by atoms with Gasteiger partial charge in [-0.15, -0.1) is 0 Å². The van der Waals surface area contributed by atoms with Gasteiger partial charge in [-0.25, -0.2) is 4.79 Å². The molecule has 0 radical (unpaired) electrons. The summed E-state index contributed by atoms with van der Waals surface area (Å²) in [7, 11) is 0. The highest BCUT2D eigenvalue weighted by Gasteiger charge is 2.35. The van der Waals surface area contributed by atoms with Gasteiger partial charge in [0.15, 0.2) is 0 Å². The van der Waals surface area contributed by atoms with Gasteiger partial charge in [-0.3, -0.25) is 0 Å². The number of carbonyl (C=O) groups is 1. The standard InChI is InChI=1S/C19H35N3O2/c1-13(2)14-5-9-16(10-6-14)24-12-18-17(20)4-3-11-22(18)19(23)21-15-7-8-15/h13-18H,3-12,20H2,1-2H3,(H,21,23)/t14?,16?,17-,18-/m0/s1. The van der Waals surface area contributed by atoms with Crippen LogP contribution >= 0.6 is 0 Å². The van der Waals surface area contributed by atoms with Crippen molar-refractivity contribution in [3.63, 3.8) is 0 Å². The normalized spacial score (nSPS) is 34.4. The number of urea groups is 1. The number of likely N-dealkylation sites (tertiary alicyclic amines) is 1. The summed E-state index contributed by atoms with van der Waals surface area (Å²) in [5.74, 6) is 1.63. The summed E-state index contributed by atoms with van der Waals surface area (Å²) in [5, 5.41) is 3.11. The lowest BCUT2D eigenvalue weighted by Crippen LogP contribution is -2.59. The van der Waals surface area contributed by atoms with Crippen molar-refractivity contribution < 1.29 is 9.53 Å². The highest BCUT2D eigenvalue weighted by molar-refractivity contribution is 5.75. The number of carbonyl (C=O) groups excluding carboxylic acids is 1. The van der Waals surface area contributed by atoms with E-state index >= 15 is 0 Å². The molecule has 0 aromatic carbocycles. The first-order valence-corrected chi connectivity index (χ1v) is 9.99. The molecule has 2 atom stereocenters. The number of amides is 2. The van der Waals surface area contributed by atoms with E-state index in [0.29, 0.717) is 18.8 Å². The summed E-state index contributed by atoms with van der Waals surface area (Å²) < 4.78 is 6.22. The minimum absolute atomic E-state index is 0.0281. The Morgan fingerprint density at radius 1 is 1.17 bits per heavy atom. The van der Waals surface area contributed by atoms with E-state index in [2.05, 4.69) is 19.2 Å². The number of nitrogens with zero attached hydrogens (tertiary/aromatic N) is 1. The molecular formula is C19H35N3O2. The highest BCUT2D eigenvalue weighted by Crippen LogP contribution is 2.31. The molecule has 3 N–H and O–H groups in total. The van der Waals surface area contributed by atoms with Gasteiger partial charge in [0.2, 0.25) is 0 Å². The Morgan fingerprint density at radius 2 is 1.88 bits per heavy atom. The van der Waals surface area contributed by atoms with Crippen LogP contribution in [-0.4, -0.2) is 48.3 Å². The molecule has 5 heteroatoms. The molecule has 5 nitrogen and oxygen atoms in total.